The van der Waals surface area contributed by atoms with Crippen molar-refractivity contribution in [3.63, 3.8) is 0 Å². The highest BCUT2D eigenvalue weighted by Gasteiger charge is 2.11. The average molecular weight is 446 g/mol. The van der Waals surface area contributed by atoms with E-state index >= 15 is 0 Å². The van der Waals surface area contributed by atoms with Crippen LogP contribution >= 0.6 is 0 Å². The maximum atomic E-state index is 12.5. The number of amides is 2. The van der Waals surface area contributed by atoms with Crippen molar-refractivity contribution in [2.75, 3.05) is 23.8 Å². The second-order valence-electron chi connectivity index (χ2n) is 7.81. The van der Waals surface area contributed by atoms with Crippen molar-refractivity contribution < 1.29 is 14.3 Å². The van der Waals surface area contributed by atoms with E-state index < -0.39 is 0 Å². The zero-order valence-electron chi connectivity index (χ0n) is 19.1. The van der Waals surface area contributed by atoms with Gasteiger partial charge >= 0.3 is 0 Å². The number of benzene rings is 3. The highest BCUT2D eigenvalue weighted by Crippen LogP contribution is 2.17. The molecule has 0 fully saturated rings. The van der Waals surface area contributed by atoms with E-state index in [1.807, 2.05) is 61.5 Å². The van der Waals surface area contributed by atoms with Gasteiger partial charge in [-0.05, 0) is 67.4 Å². The molecule has 1 unspecified atom stereocenters. The van der Waals surface area contributed by atoms with Gasteiger partial charge in [-0.1, -0.05) is 43.7 Å². The molecule has 33 heavy (non-hydrogen) atoms. The molecule has 0 bridgehead atoms. The van der Waals surface area contributed by atoms with E-state index in [1.54, 1.807) is 24.3 Å². The molecule has 0 radical (unpaired) electrons. The fraction of sp³-hybridized carbons (Fsp3) is 0.259. The molecule has 0 aliphatic heterocycles. The van der Waals surface area contributed by atoms with Crippen molar-refractivity contribution in [2.24, 2.45) is 0 Å². The maximum Gasteiger partial charge on any atom is 0.251 e. The summed E-state index contributed by atoms with van der Waals surface area (Å²) in [6, 6.07) is 24.1. The lowest BCUT2D eigenvalue weighted by Gasteiger charge is -2.14. The van der Waals surface area contributed by atoms with Crippen LogP contribution in [-0.2, 0) is 4.79 Å². The van der Waals surface area contributed by atoms with Gasteiger partial charge in [-0.2, -0.15) is 0 Å². The molecule has 0 aliphatic rings. The highest BCUT2D eigenvalue weighted by atomic mass is 16.5. The van der Waals surface area contributed by atoms with Gasteiger partial charge in [-0.3, -0.25) is 9.59 Å². The minimum absolute atomic E-state index is 0.0860. The number of unbranched alkanes of at least 4 members (excludes halogenated alkanes) is 1. The first-order valence-corrected chi connectivity index (χ1v) is 11.3. The standard InChI is InChI=1S/C27H31N3O3/c1-3-4-18-33-25-16-14-24(15-17-25)30-26(31)19-28-23-12-10-22(11-13-23)27(32)29-20(2)21-8-6-5-7-9-21/h5-17,20,28H,3-4,18-19H2,1-2H3,(H,29,32)(H,30,31). The number of carbonyl (C=O) groups is 2. The van der Waals surface area contributed by atoms with Gasteiger partial charge in [0.05, 0.1) is 19.2 Å². The highest BCUT2D eigenvalue weighted by molar-refractivity contribution is 5.95. The Balaban J connectivity index is 1.44. The Morgan fingerprint density at radius 1 is 0.879 bits per heavy atom. The van der Waals surface area contributed by atoms with Crippen molar-refractivity contribution in [3.8, 4) is 5.75 Å². The molecule has 3 rings (SSSR count). The Morgan fingerprint density at radius 2 is 1.55 bits per heavy atom. The van der Waals surface area contributed by atoms with Gasteiger partial charge in [0.25, 0.3) is 5.91 Å². The van der Waals surface area contributed by atoms with Gasteiger partial charge in [0.15, 0.2) is 0 Å². The molecule has 0 saturated carbocycles. The molecule has 0 saturated heterocycles. The largest absolute Gasteiger partial charge is 0.494 e. The molecular formula is C27H31N3O3. The zero-order chi connectivity index (χ0) is 23.5. The Hall–Kier alpha value is -3.80. The number of hydrogen-bond acceptors (Lipinski definition) is 4. The Morgan fingerprint density at radius 3 is 2.21 bits per heavy atom. The first-order chi connectivity index (χ1) is 16.0. The lowest BCUT2D eigenvalue weighted by molar-refractivity contribution is -0.114. The van der Waals surface area contributed by atoms with Gasteiger partial charge in [-0.25, -0.2) is 0 Å². The van der Waals surface area contributed by atoms with E-state index in [4.69, 9.17) is 4.74 Å². The van der Waals surface area contributed by atoms with Crippen molar-refractivity contribution in [1.29, 1.82) is 0 Å². The zero-order valence-corrected chi connectivity index (χ0v) is 19.1. The van der Waals surface area contributed by atoms with Crippen LogP contribution in [0.2, 0.25) is 0 Å². The SMILES string of the molecule is CCCCOc1ccc(NC(=O)CNc2ccc(C(=O)NC(C)c3ccccc3)cc2)cc1. The van der Waals surface area contributed by atoms with Gasteiger partial charge < -0.3 is 20.7 Å². The van der Waals surface area contributed by atoms with Crippen LogP contribution in [0.15, 0.2) is 78.9 Å². The minimum Gasteiger partial charge on any atom is -0.494 e. The Bertz CT molecular complexity index is 1020. The summed E-state index contributed by atoms with van der Waals surface area (Å²) in [7, 11) is 0. The van der Waals surface area contributed by atoms with E-state index in [9.17, 15) is 9.59 Å². The molecule has 2 amide bonds. The van der Waals surface area contributed by atoms with Gasteiger partial charge in [0.2, 0.25) is 5.91 Å². The predicted octanol–water partition coefficient (Wildman–Crippen LogP) is 5.41. The monoisotopic (exact) mass is 445 g/mol. The molecule has 0 spiro atoms. The number of ether oxygens (including phenoxy) is 1. The van der Waals surface area contributed by atoms with E-state index in [2.05, 4.69) is 22.9 Å². The lowest BCUT2D eigenvalue weighted by atomic mass is 10.1. The maximum absolute atomic E-state index is 12.5. The summed E-state index contributed by atoms with van der Waals surface area (Å²) in [6.45, 7) is 4.88. The number of hydrogen-bond donors (Lipinski definition) is 3. The molecule has 0 heterocycles. The van der Waals surface area contributed by atoms with Crippen molar-refractivity contribution in [3.05, 3.63) is 90.0 Å². The summed E-state index contributed by atoms with van der Waals surface area (Å²) in [4.78, 5) is 24.7. The third-order valence-electron chi connectivity index (χ3n) is 5.15. The van der Waals surface area contributed by atoms with Crippen LogP contribution in [0.5, 0.6) is 5.75 Å². The third kappa shape index (κ3) is 7.68. The molecule has 6 heteroatoms. The van der Waals surface area contributed by atoms with Crippen LogP contribution in [0, 0.1) is 0 Å². The van der Waals surface area contributed by atoms with E-state index in [1.165, 1.54) is 0 Å². The first-order valence-electron chi connectivity index (χ1n) is 11.3. The summed E-state index contributed by atoms with van der Waals surface area (Å²) in [6.07, 6.45) is 2.10. The molecular weight excluding hydrogens is 414 g/mol. The van der Waals surface area contributed by atoms with Crippen LogP contribution in [0.3, 0.4) is 0 Å². The third-order valence-corrected chi connectivity index (χ3v) is 5.15. The second-order valence-corrected chi connectivity index (χ2v) is 7.81. The molecule has 1 atom stereocenters. The normalized spacial score (nSPS) is 11.3. The topological polar surface area (TPSA) is 79.5 Å². The second kappa shape index (κ2) is 12.3. The number of rotatable bonds is 11. The summed E-state index contributed by atoms with van der Waals surface area (Å²) in [5.74, 6) is 0.493. The summed E-state index contributed by atoms with van der Waals surface area (Å²) in [5, 5.41) is 8.92. The van der Waals surface area contributed by atoms with E-state index in [-0.39, 0.29) is 24.4 Å². The molecule has 172 valence electrons. The van der Waals surface area contributed by atoms with E-state index in [0.717, 1.165) is 29.8 Å². The van der Waals surface area contributed by atoms with Gasteiger partial charge in [0.1, 0.15) is 5.75 Å². The van der Waals surface area contributed by atoms with Gasteiger partial charge in [0, 0.05) is 16.9 Å². The van der Waals surface area contributed by atoms with Crippen LogP contribution < -0.4 is 20.7 Å². The minimum atomic E-state index is -0.159. The molecule has 6 nitrogen and oxygen atoms in total. The fourth-order valence-corrected chi connectivity index (χ4v) is 3.20. The molecule has 3 aromatic rings. The Kier molecular flexibility index (Phi) is 8.88. The van der Waals surface area contributed by atoms with Crippen molar-refractivity contribution in [1.82, 2.24) is 5.32 Å². The smallest absolute Gasteiger partial charge is 0.251 e. The van der Waals surface area contributed by atoms with Crippen LogP contribution in [0.1, 0.15) is 48.7 Å². The number of nitrogens with one attached hydrogen (secondary N) is 3. The van der Waals surface area contributed by atoms with Crippen molar-refractivity contribution >= 4 is 23.2 Å². The first kappa shape index (κ1) is 23.9. The summed E-state index contributed by atoms with van der Waals surface area (Å²) < 4.78 is 5.63. The Labute approximate surface area is 195 Å². The lowest BCUT2D eigenvalue weighted by Crippen LogP contribution is -2.26. The van der Waals surface area contributed by atoms with Crippen molar-refractivity contribution in [2.45, 2.75) is 32.7 Å². The summed E-state index contributed by atoms with van der Waals surface area (Å²) in [5.41, 5.74) is 3.09. The van der Waals surface area contributed by atoms with E-state index in [0.29, 0.717) is 17.9 Å². The summed E-state index contributed by atoms with van der Waals surface area (Å²) >= 11 is 0. The number of anilines is 2. The predicted molar refractivity (Wildman–Crippen MR) is 133 cm³/mol. The van der Waals surface area contributed by atoms with Crippen LogP contribution in [0.25, 0.3) is 0 Å². The quantitative estimate of drug-likeness (QED) is 0.345. The van der Waals surface area contributed by atoms with Gasteiger partial charge in [-0.15, -0.1) is 0 Å². The number of carbonyl (C=O) groups excluding carboxylic acids is 2. The molecule has 3 aromatic carbocycles. The molecule has 0 aliphatic carbocycles. The fourth-order valence-electron chi connectivity index (χ4n) is 3.20. The van der Waals surface area contributed by atoms with Crippen LogP contribution in [0.4, 0.5) is 11.4 Å². The van der Waals surface area contributed by atoms with Crippen LogP contribution in [-0.4, -0.2) is 25.0 Å². The average Bonchev–Trinajstić information content (AvgIpc) is 2.85. The molecule has 0 aromatic heterocycles. The molecule has 3 N–H and O–H groups in total.